The van der Waals surface area contributed by atoms with Crippen LogP contribution in [-0.2, 0) is 9.59 Å². The van der Waals surface area contributed by atoms with Gasteiger partial charge in [0.25, 0.3) is 0 Å². The molecule has 0 aromatic heterocycles. The Morgan fingerprint density at radius 2 is 2.00 bits per heavy atom. The average Bonchev–Trinajstić information content (AvgIpc) is 2.55. The molecule has 2 bridgehead atoms. The molecule has 5 heteroatoms. The van der Waals surface area contributed by atoms with Crippen LogP contribution in [0.5, 0.6) is 0 Å². The van der Waals surface area contributed by atoms with Crippen molar-refractivity contribution in [2.75, 3.05) is 0 Å². The summed E-state index contributed by atoms with van der Waals surface area (Å²) in [7, 11) is 0. The van der Waals surface area contributed by atoms with Gasteiger partial charge in [-0.1, -0.05) is 12.2 Å². The molecule has 76 valence electrons. The number of rotatable bonds is 2. The van der Waals surface area contributed by atoms with Crippen LogP contribution in [0.2, 0.25) is 0 Å². The second-order valence-corrected chi connectivity index (χ2v) is 4.54. The molecule has 4 nitrogen and oxygen atoms in total. The Bertz CT molecular complexity index is 338. The van der Waals surface area contributed by atoms with E-state index in [1.165, 1.54) is 0 Å². The first-order chi connectivity index (χ1) is 6.46. The van der Waals surface area contributed by atoms with Gasteiger partial charge in [0.2, 0.25) is 0 Å². The molecule has 1 saturated carbocycles. The smallest absolute Gasteiger partial charge is 0.309 e. The molecule has 0 aliphatic heterocycles. The number of aliphatic carboxylic acids is 2. The number of halogens is 1. The zero-order valence-corrected chi connectivity index (χ0v) is 7.94. The first-order valence-corrected chi connectivity index (χ1v) is 4.67. The topological polar surface area (TPSA) is 74.6 Å². The van der Waals surface area contributed by atoms with Gasteiger partial charge in [0.05, 0.1) is 16.7 Å². The molecule has 0 saturated heterocycles. The number of allylic oxidation sites excluding steroid dienone is 2. The van der Waals surface area contributed by atoms with E-state index in [0.29, 0.717) is 6.42 Å². The summed E-state index contributed by atoms with van der Waals surface area (Å²) >= 11 is 6.07. The SMILES string of the molecule is O=C(O)C1C2C=CC(Cl)(C2)C1C(=O)O. The normalized spacial score (nSPS) is 44.2. The van der Waals surface area contributed by atoms with Gasteiger partial charge in [0, 0.05) is 0 Å². The van der Waals surface area contributed by atoms with E-state index in [1.807, 2.05) is 0 Å². The summed E-state index contributed by atoms with van der Waals surface area (Å²) in [6, 6.07) is 0. The van der Waals surface area contributed by atoms with Crippen molar-refractivity contribution in [2.24, 2.45) is 17.8 Å². The second-order valence-electron chi connectivity index (χ2n) is 3.83. The van der Waals surface area contributed by atoms with Gasteiger partial charge in [-0.3, -0.25) is 9.59 Å². The number of carboxylic acid groups (broad SMARTS) is 2. The first-order valence-electron chi connectivity index (χ1n) is 4.29. The fraction of sp³-hybridized carbons (Fsp3) is 0.556. The molecule has 0 aromatic carbocycles. The van der Waals surface area contributed by atoms with E-state index in [4.69, 9.17) is 21.8 Å². The lowest BCUT2D eigenvalue weighted by atomic mass is 9.83. The molecule has 0 spiro atoms. The van der Waals surface area contributed by atoms with Gasteiger partial charge in [0.1, 0.15) is 0 Å². The summed E-state index contributed by atoms with van der Waals surface area (Å²) in [6.07, 6.45) is 3.76. The third-order valence-electron chi connectivity index (χ3n) is 3.06. The average molecular weight is 217 g/mol. The zero-order chi connectivity index (χ0) is 10.5. The molecule has 0 radical (unpaired) electrons. The highest BCUT2D eigenvalue weighted by atomic mass is 35.5. The van der Waals surface area contributed by atoms with Crippen molar-refractivity contribution in [3.63, 3.8) is 0 Å². The predicted molar refractivity (Wildman–Crippen MR) is 48.1 cm³/mol. The lowest BCUT2D eigenvalue weighted by molar-refractivity contribution is -0.153. The Hall–Kier alpha value is -1.03. The fourth-order valence-electron chi connectivity index (χ4n) is 2.49. The van der Waals surface area contributed by atoms with E-state index in [1.54, 1.807) is 12.2 Å². The zero-order valence-electron chi connectivity index (χ0n) is 7.18. The van der Waals surface area contributed by atoms with Crippen LogP contribution < -0.4 is 0 Å². The largest absolute Gasteiger partial charge is 0.481 e. The van der Waals surface area contributed by atoms with Crippen LogP contribution in [-0.4, -0.2) is 27.0 Å². The molecular formula is C9H9ClO4. The van der Waals surface area contributed by atoms with Crippen LogP contribution in [0.4, 0.5) is 0 Å². The van der Waals surface area contributed by atoms with E-state index in [0.717, 1.165) is 0 Å². The van der Waals surface area contributed by atoms with Crippen molar-refractivity contribution in [2.45, 2.75) is 11.3 Å². The quantitative estimate of drug-likeness (QED) is 0.533. The maximum Gasteiger partial charge on any atom is 0.309 e. The van der Waals surface area contributed by atoms with Crippen molar-refractivity contribution >= 4 is 23.5 Å². The van der Waals surface area contributed by atoms with Crippen LogP contribution in [0.3, 0.4) is 0 Å². The maximum atomic E-state index is 10.9. The summed E-state index contributed by atoms with van der Waals surface area (Å²) in [4.78, 5) is 20.8. The van der Waals surface area contributed by atoms with Crippen molar-refractivity contribution in [3.8, 4) is 0 Å². The number of carboxylic acids is 2. The van der Waals surface area contributed by atoms with E-state index in [2.05, 4.69) is 0 Å². The van der Waals surface area contributed by atoms with Crippen LogP contribution >= 0.6 is 11.6 Å². The summed E-state index contributed by atoms with van der Waals surface area (Å²) < 4.78 is 0. The highest BCUT2D eigenvalue weighted by molar-refractivity contribution is 6.27. The van der Waals surface area contributed by atoms with Crippen LogP contribution in [0.1, 0.15) is 6.42 Å². The summed E-state index contributed by atoms with van der Waals surface area (Å²) in [5.74, 6) is -4.31. The fourth-order valence-corrected chi connectivity index (χ4v) is 2.97. The van der Waals surface area contributed by atoms with Crippen molar-refractivity contribution < 1.29 is 19.8 Å². The molecule has 4 atom stereocenters. The molecule has 0 aromatic rings. The third-order valence-corrected chi connectivity index (χ3v) is 3.57. The summed E-state index contributed by atoms with van der Waals surface area (Å²) in [5.41, 5.74) is 0. The Balaban J connectivity index is 2.41. The second kappa shape index (κ2) is 2.73. The lowest BCUT2D eigenvalue weighted by Gasteiger charge is -2.25. The van der Waals surface area contributed by atoms with Gasteiger partial charge in [-0.2, -0.15) is 0 Å². The molecule has 2 aliphatic rings. The summed E-state index contributed by atoms with van der Waals surface area (Å²) in [5, 5.41) is 17.9. The standard InChI is InChI=1S/C9H9ClO4/c10-9-2-1-4(3-9)5(7(11)12)6(9)8(13)14/h1-2,4-6H,3H2,(H,11,12)(H,13,14). The van der Waals surface area contributed by atoms with Crippen molar-refractivity contribution in [3.05, 3.63) is 12.2 Å². The van der Waals surface area contributed by atoms with Crippen LogP contribution in [0.15, 0.2) is 12.2 Å². The van der Waals surface area contributed by atoms with Crippen LogP contribution in [0.25, 0.3) is 0 Å². The number of fused-ring (bicyclic) bond motifs is 2. The molecule has 0 heterocycles. The van der Waals surface area contributed by atoms with Gasteiger partial charge in [-0.05, 0) is 12.3 Å². The molecule has 0 amide bonds. The van der Waals surface area contributed by atoms with E-state index < -0.39 is 28.6 Å². The molecule has 4 unspecified atom stereocenters. The number of hydrogen-bond donors (Lipinski definition) is 2. The molecule has 2 N–H and O–H groups in total. The van der Waals surface area contributed by atoms with Gasteiger partial charge >= 0.3 is 11.9 Å². The Morgan fingerprint density at radius 1 is 1.36 bits per heavy atom. The molecule has 2 rings (SSSR count). The maximum absolute atomic E-state index is 10.9. The Kier molecular flexibility index (Phi) is 1.86. The number of carbonyl (C=O) groups is 2. The highest BCUT2D eigenvalue weighted by Gasteiger charge is 2.60. The predicted octanol–water partition coefficient (Wildman–Crippen LogP) is 0.955. The van der Waals surface area contributed by atoms with Gasteiger partial charge < -0.3 is 10.2 Å². The minimum Gasteiger partial charge on any atom is -0.481 e. The van der Waals surface area contributed by atoms with E-state index in [9.17, 15) is 9.59 Å². The Labute approximate surface area is 85.2 Å². The highest BCUT2D eigenvalue weighted by Crippen LogP contribution is 2.54. The van der Waals surface area contributed by atoms with E-state index >= 15 is 0 Å². The summed E-state index contributed by atoms with van der Waals surface area (Å²) in [6.45, 7) is 0. The van der Waals surface area contributed by atoms with Gasteiger partial charge in [-0.25, -0.2) is 0 Å². The monoisotopic (exact) mass is 216 g/mol. The molecule has 2 aliphatic carbocycles. The minimum atomic E-state index is -1.13. The molecule has 1 fully saturated rings. The van der Waals surface area contributed by atoms with Crippen molar-refractivity contribution in [1.82, 2.24) is 0 Å². The molecule has 14 heavy (non-hydrogen) atoms. The van der Waals surface area contributed by atoms with Crippen LogP contribution in [0, 0.1) is 17.8 Å². The lowest BCUT2D eigenvalue weighted by Crippen LogP contribution is -2.39. The Morgan fingerprint density at radius 3 is 2.43 bits per heavy atom. The van der Waals surface area contributed by atoms with E-state index in [-0.39, 0.29) is 5.92 Å². The van der Waals surface area contributed by atoms with Crippen molar-refractivity contribution in [1.29, 1.82) is 0 Å². The third kappa shape index (κ3) is 1.07. The van der Waals surface area contributed by atoms with Gasteiger partial charge in [-0.15, -0.1) is 11.6 Å². The number of alkyl halides is 1. The first kappa shape index (κ1) is 9.52. The minimum absolute atomic E-state index is 0.230. The number of hydrogen-bond acceptors (Lipinski definition) is 2. The molecular weight excluding hydrogens is 208 g/mol. The van der Waals surface area contributed by atoms with Gasteiger partial charge in [0.15, 0.2) is 0 Å².